The molecule has 1 unspecified atom stereocenters. The van der Waals surface area contributed by atoms with E-state index in [-0.39, 0.29) is 5.82 Å². The van der Waals surface area contributed by atoms with Crippen molar-refractivity contribution < 1.29 is 9.13 Å². The number of rotatable bonds is 4. The van der Waals surface area contributed by atoms with E-state index >= 15 is 0 Å². The van der Waals surface area contributed by atoms with Crippen LogP contribution in [0.15, 0.2) is 30.6 Å². The Labute approximate surface area is 105 Å². The molecule has 2 rings (SSSR count). The van der Waals surface area contributed by atoms with Gasteiger partial charge in [-0.05, 0) is 6.07 Å². The molecular formula is C13H16FN3O. The van der Waals surface area contributed by atoms with E-state index in [2.05, 4.69) is 4.98 Å². The van der Waals surface area contributed by atoms with Crippen molar-refractivity contribution in [3.8, 4) is 5.75 Å². The topological polar surface area (TPSA) is 53.1 Å². The zero-order valence-corrected chi connectivity index (χ0v) is 10.4. The second-order valence-electron chi connectivity index (χ2n) is 4.15. The van der Waals surface area contributed by atoms with E-state index in [4.69, 9.17) is 10.5 Å². The second-order valence-corrected chi connectivity index (χ2v) is 4.15. The van der Waals surface area contributed by atoms with Gasteiger partial charge in [-0.15, -0.1) is 0 Å². The Morgan fingerprint density at radius 1 is 1.50 bits per heavy atom. The van der Waals surface area contributed by atoms with Gasteiger partial charge in [-0.1, -0.05) is 6.07 Å². The van der Waals surface area contributed by atoms with E-state index in [0.29, 0.717) is 17.7 Å². The van der Waals surface area contributed by atoms with Gasteiger partial charge in [0.05, 0.1) is 7.11 Å². The first-order chi connectivity index (χ1) is 8.61. The summed E-state index contributed by atoms with van der Waals surface area (Å²) >= 11 is 0. The van der Waals surface area contributed by atoms with Crippen LogP contribution in [-0.4, -0.2) is 16.7 Å². The van der Waals surface area contributed by atoms with Gasteiger partial charge in [-0.2, -0.15) is 0 Å². The standard InChI is InChI=1S/C13H16FN3O/c1-17-6-5-16-13(17)8-12(15)10-4-3-9(18-2)7-11(10)14/h3-7,12H,8,15H2,1-2H3. The first kappa shape index (κ1) is 12.6. The van der Waals surface area contributed by atoms with Crippen molar-refractivity contribution in [3.63, 3.8) is 0 Å². The summed E-state index contributed by atoms with van der Waals surface area (Å²) in [7, 11) is 3.39. The predicted octanol–water partition coefficient (Wildman–Crippen LogP) is 1.81. The molecule has 0 aliphatic carbocycles. The Balaban J connectivity index is 2.19. The smallest absolute Gasteiger partial charge is 0.131 e. The van der Waals surface area contributed by atoms with E-state index in [1.807, 2.05) is 17.8 Å². The van der Waals surface area contributed by atoms with Gasteiger partial charge in [-0.3, -0.25) is 0 Å². The van der Waals surface area contributed by atoms with Crippen LogP contribution >= 0.6 is 0 Å². The van der Waals surface area contributed by atoms with Crippen LogP contribution in [0.1, 0.15) is 17.4 Å². The molecule has 1 aromatic heterocycles. The molecular weight excluding hydrogens is 233 g/mol. The lowest BCUT2D eigenvalue weighted by Crippen LogP contribution is -2.17. The summed E-state index contributed by atoms with van der Waals surface area (Å²) < 4.78 is 20.7. The van der Waals surface area contributed by atoms with Crippen LogP contribution in [0, 0.1) is 5.82 Å². The number of nitrogens with zero attached hydrogens (tertiary/aromatic N) is 2. The van der Waals surface area contributed by atoms with Crippen molar-refractivity contribution in [2.75, 3.05) is 7.11 Å². The van der Waals surface area contributed by atoms with E-state index < -0.39 is 6.04 Å². The number of nitrogens with two attached hydrogens (primary N) is 1. The number of hydrogen-bond acceptors (Lipinski definition) is 3. The summed E-state index contributed by atoms with van der Waals surface area (Å²) in [6, 6.07) is 4.28. The van der Waals surface area contributed by atoms with Crippen molar-refractivity contribution in [2.24, 2.45) is 12.8 Å². The number of aryl methyl sites for hydroxylation is 1. The van der Waals surface area contributed by atoms with Gasteiger partial charge in [0.1, 0.15) is 17.4 Å². The zero-order chi connectivity index (χ0) is 13.1. The third kappa shape index (κ3) is 2.51. The molecule has 1 aromatic carbocycles. The Kier molecular flexibility index (Phi) is 3.62. The lowest BCUT2D eigenvalue weighted by molar-refractivity contribution is 0.410. The minimum absolute atomic E-state index is 0.351. The Morgan fingerprint density at radius 3 is 2.83 bits per heavy atom. The fourth-order valence-corrected chi connectivity index (χ4v) is 1.84. The van der Waals surface area contributed by atoms with Gasteiger partial charge in [0.25, 0.3) is 0 Å². The monoisotopic (exact) mass is 249 g/mol. The van der Waals surface area contributed by atoms with Crippen LogP contribution in [0.3, 0.4) is 0 Å². The van der Waals surface area contributed by atoms with Crippen molar-refractivity contribution in [1.29, 1.82) is 0 Å². The average Bonchev–Trinajstić information content (AvgIpc) is 2.74. The summed E-state index contributed by atoms with van der Waals surface area (Å²) in [6.07, 6.45) is 4.03. The highest BCUT2D eigenvalue weighted by atomic mass is 19.1. The molecule has 0 spiro atoms. The van der Waals surface area contributed by atoms with E-state index in [9.17, 15) is 4.39 Å². The van der Waals surface area contributed by atoms with E-state index in [0.717, 1.165) is 5.82 Å². The Hall–Kier alpha value is -1.88. The molecule has 0 amide bonds. The van der Waals surface area contributed by atoms with Gasteiger partial charge < -0.3 is 15.0 Å². The van der Waals surface area contributed by atoms with Crippen LogP contribution in [-0.2, 0) is 13.5 Å². The number of hydrogen-bond donors (Lipinski definition) is 1. The molecule has 1 atom stereocenters. The SMILES string of the molecule is COc1ccc(C(N)Cc2nccn2C)c(F)c1. The number of imidazole rings is 1. The fraction of sp³-hybridized carbons (Fsp3) is 0.308. The van der Waals surface area contributed by atoms with Crippen LogP contribution < -0.4 is 10.5 Å². The lowest BCUT2D eigenvalue weighted by Gasteiger charge is -2.13. The molecule has 18 heavy (non-hydrogen) atoms. The molecule has 0 fully saturated rings. The van der Waals surface area contributed by atoms with Crippen molar-refractivity contribution in [3.05, 3.63) is 47.8 Å². The third-order valence-electron chi connectivity index (χ3n) is 2.93. The highest BCUT2D eigenvalue weighted by Crippen LogP contribution is 2.22. The molecule has 0 radical (unpaired) electrons. The van der Waals surface area contributed by atoms with Gasteiger partial charge in [0, 0.05) is 43.5 Å². The van der Waals surface area contributed by atoms with Crippen molar-refractivity contribution in [2.45, 2.75) is 12.5 Å². The van der Waals surface area contributed by atoms with Crippen molar-refractivity contribution in [1.82, 2.24) is 9.55 Å². The number of aromatic nitrogens is 2. The number of benzene rings is 1. The maximum Gasteiger partial charge on any atom is 0.131 e. The first-order valence-electron chi connectivity index (χ1n) is 5.67. The van der Waals surface area contributed by atoms with Crippen LogP contribution in [0.25, 0.3) is 0 Å². The molecule has 1 heterocycles. The van der Waals surface area contributed by atoms with Crippen LogP contribution in [0.2, 0.25) is 0 Å². The second kappa shape index (κ2) is 5.18. The average molecular weight is 249 g/mol. The molecule has 4 nitrogen and oxygen atoms in total. The van der Waals surface area contributed by atoms with Gasteiger partial charge in [-0.25, -0.2) is 9.37 Å². The Morgan fingerprint density at radius 2 is 2.28 bits per heavy atom. The third-order valence-corrected chi connectivity index (χ3v) is 2.93. The molecule has 2 N–H and O–H groups in total. The predicted molar refractivity (Wildman–Crippen MR) is 66.8 cm³/mol. The maximum absolute atomic E-state index is 13.8. The fourth-order valence-electron chi connectivity index (χ4n) is 1.84. The number of halogens is 1. The van der Waals surface area contributed by atoms with Crippen molar-refractivity contribution >= 4 is 0 Å². The van der Waals surface area contributed by atoms with E-state index in [1.54, 1.807) is 18.3 Å². The summed E-state index contributed by atoms with van der Waals surface area (Å²) in [5.74, 6) is 0.967. The minimum Gasteiger partial charge on any atom is -0.497 e. The van der Waals surface area contributed by atoms with Crippen LogP contribution in [0.4, 0.5) is 4.39 Å². The normalized spacial score (nSPS) is 12.4. The molecule has 2 aromatic rings. The van der Waals surface area contributed by atoms with Gasteiger partial charge in [0.15, 0.2) is 0 Å². The van der Waals surface area contributed by atoms with Crippen LogP contribution in [0.5, 0.6) is 5.75 Å². The Bertz CT molecular complexity index is 539. The first-order valence-corrected chi connectivity index (χ1v) is 5.67. The van der Waals surface area contributed by atoms with E-state index in [1.165, 1.54) is 13.2 Å². The molecule has 0 aliphatic heterocycles. The minimum atomic E-state index is -0.419. The molecule has 0 saturated carbocycles. The highest BCUT2D eigenvalue weighted by molar-refractivity contribution is 5.31. The summed E-state index contributed by atoms with van der Waals surface area (Å²) in [5.41, 5.74) is 6.48. The molecule has 5 heteroatoms. The quantitative estimate of drug-likeness (QED) is 0.899. The summed E-state index contributed by atoms with van der Waals surface area (Å²) in [4.78, 5) is 4.18. The lowest BCUT2D eigenvalue weighted by atomic mass is 10.0. The maximum atomic E-state index is 13.8. The number of ether oxygens (including phenoxy) is 1. The highest BCUT2D eigenvalue weighted by Gasteiger charge is 2.14. The molecule has 0 saturated heterocycles. The number of methoxy groups -OCH3 is 1. The molecule has 96 valence electrons. The van der Waals surface area contributed by atoms with Gasteiger partial charge in [0.2, 0.25) is 0 Å². The summed E-state index contributed by atoms with van der Waals surface area (Å²) in [6.45, 7) is 0. The summed E-state index contributed by atoms with van der Waals surface area (Å²) in [5, 5.41) is 0. The molecule has 0 bridgehead atoms. The van der Waals surface area contributed by atoms with Gasteiger partial charge >= 0.3 is 0 Å². The largest absolute Gasteiger partial charge is 0.497 e. The zero-order valence-electron chi connectivity index (χ0n) is 10.4. The molecule has 0 aliphatic rings.